The molecule has 3 nitrogen and oxygen atoms in total. The van der Waals surface area contributed by atoms with E-state index in [2.05, 4.69) is 0 Å². The minimum Gasteiger partial charge on any atom is -0.706 e. The average Bonchev–Trinajstić information content (AvgIpc) is 0.673. The van der Waals surface area contributed by atoms with Crippen LogP contribution in [0.5, 0.6) is 0 Å². The van der Waals surface area contributed by atoms with Gasteiger partial charge in [0.2, 0.25) is 0 Å². The second-order valence-electron chi connectivity index (χ2n) is 20.8. The first-order chi connectivity index (χ1) is 60.9. The molecular weight excluding hydrogens is 4460 g/mol. The molecule has 1 aromatic rings. The molecule has 0 radical (unpaired) electrons. The smallest absolute Gasteiger partial charge is 0.706 e. The van der Waals surface area contributed by atoms with Gasteiger partial charge in [-0.05, 0) is 970 Å². The number of halogens is 1. The van der Waals surface area contributed by atoms with Crippen molar-refractivity contribution < 1.29 is 66.1 Å². The van der Waals surface area contributed by atoms with Crippen LogP contribution in [0.2, 0.25) is 0 Å². The van der Waals surface area contributed by atoms with Gasteiger partial charge in [0.1, 0.15) is 0 Å². The van der Waals surface area contributed by atoms with E-state index in [1.54, 1.807) is 46.3 Å². The molecule has 1 aliphatic carbocycles. The number of allylic oxidation sites excluding steroid dienone is 2. The first kappa shape index (κ1) is 180. The van der Waals surface area contributed by atoms with Crippen LogP contribution in [-0.4, -0.2) is 16.7 Å². The summed E-state index contributed by atoms with van der Waals surface area (Å²) in [5.74, 6) is -0.286. The van der Waals surface area contributed by atoms with Gasteiger partial charge in [-0.25, -0.2) is 9.83 Å². The van der Waals surface area contributed by atoms with Crippen LogP contribution in [0.25, 0.3) is 0 Å². The molecule has 1 aromatic carbocycles. The Morgan fingerprint density at radius 2 is 0.331 bits per heavy atom. The van der Waals surface area contributed by atoms with Crippen LogP contribution in [0.3, 0.4) is 0 Å². The van der Waals surface area contributed by atoms with Crippen molar-refractivity contribution >= 4 is 1210 Å². The molecule has 1 aliphatic rings. The molecule has 0 fully saturated rings. The summed E-state index contributed by atoms with van der Waals surface area (Å²) >= 11 is 524. The van der Waals surface area contributed by atoms with Crippen LogP contribution in [0.15, 0.2) is 29.8 Å². The SMILES string of the molecule is CC1=CC(=O)c2ccc(CO)cc2C1=O.S=S(=S)(I)S(=S)(=S)S(=S)(=S)S(=S)(=S)S(=S)(=S)S(=S)(=S)S(=S)(=S)S(=S)(=S)S(=S)(=S)S(=S)(=S)S(=S)(=S)S(=S)(=S)S(=S)(=S)S(=S)(=S)S(=S)(=S)S(=S)(=S)S(=S)(=S)S(=S)(=S)S(=S)(=S)S(=S)(=S)S(=S)(=S)S(=S)(=S)S(=S)(=S)S(=S)(=S)S(=S)(=S)S(=S)(=S)S(=S)(=S)S(=S)(=S)S(=S)(=S)S(=S)(=S)S(=S)(=S)S(=S)(=S)S(=S)(=S)S(=S)(=S)S(=S)(=S)S(=S)(=S)S(=S)(=S)S(=S)(=S)S(=S)(=S)S(=S)(=S)S(=S)(=S)S(=S)(=S)S[S-].[K+]. The van der Waals surface area contributed by atoms with Gasteiger partial charge in [-0.15, -0.1) is 0 Å². The normalized spacial score (nSPS) is 16.7. The monoisotopic (exact) mass is 4460 g/mol. The number of hydrogen-bond acceptors (Lipinski definition) is 89. The maximum atomic E-state index is 11.7. The van der Waals surface area contributed by atoms with Crippen molar-refractivity contribution in [1.82, 2.24) is 0 Å². The van der Waals surface area contributed by atoms with Crippen LogP contribution in [0.1, 0.15) is 33.2 Å². The fourth-order valence-corrected chi connectivity index (χ4v) is 1010. The molecule has 0 aromatic heterocycles. The van der Waals surface area contributed by atoms with Crippen LogP contribution >= 0.6 is 31.0 Å². The molecule has 0 unspecified atom stereocenters. The van der Waals surface area contributed by atoms with Gasteiger partial charge in [-0.2, -0.15) is 0 Å². The number of aliphatic hydroxyl groups excluding tert-OH is 1. The quantitative estimate of drug-likeness (QED) is 0.0308. The molecule has 0 spiro atoms. The standard InChI is InChI=1S/C12H10O3.HIS128.K/c1-7-4-11(14)9-3-2-8(6-13)5-10(9)12(7)15;1-88(3,4)90(7,8)92(11,12)94(15,16)96(19,20)98(23,24)100(27,28)102(31,32)104(35,36)106(39,40)108(43,44)110(47,48)112(51,52)114(55,56)116(59,60)118(63,64)120(67,68)122(71,72)124(75,76)126(79,80)128(83,84)129(85,86)127(81,82)125(77,78)123(73,74)121(69,70)119(65,66)117(61,62)115(57,58)113(53,54)111(49,50)109(45,46)107(41,42)105(37,38)103(33,34)101(29,30)99(25,26)97(21,22)95(17,18)93(13,14)91(9,10)89(5,6)87-2;/h2-5,13H,6H2,1H3;2H;/q;;+1/p-1. The van der Waals surface area contributed by atoms with E-state index < -0.39 is 217 Å². The fraction of sp³-hybridized carbons (Fsp3) is 0.167. The molecule has 1 N–H and O–H groups in total. The predicted molar refractivity (Wildman–Crippen MR) is 1010 cm³/mol. The maximum absolute atomic E-state index is 11.7. The number of Topliss-reactive ketones (excluding diaryl/α,β-unsaturated/α-hetero) is 1. The van der Waals surface area contributed by atoms with E-state index in [0.717, 1.165) is 0 Å². The van der Waals surface area contributed by atoms with Gasteiger partial charge < -0.3 is 16.8 Å². The number of hydrogen-bond donors (Lipinski definition) is 1. The summed E-state index contributed by atoms with van der Waals surface area (Å²) in [5.41, 5.74) is 1.90. The van der Waals surface area contributed by atoms with Gasteiger partial charge in [0.15, 0.2) is 11.6 Å². The van der Waals surface area contributed by atoms with Crippen molar-refractivity contribution in [2.45, 2.75) is 13.5 Å². The third-order valence-corrected chi connectivity index (χ3v) is 847. The summed E-state index contributed by atoms with van der Waals surface area (Å²) in [7, 11) is 0.579. The van der Waals surface area contributed by atoms with Crippen molar-refractivity contribution in [3.8, 4) is 0 Å². The molecule has 0 heterocycles. The summed E-state index contributed by atoms with van der Waals surface area (Å²) < 4.78 is -2.81. The summed E-state index contributed by atoms with van der Waals surface area (Å²) in [4.78, 5) is 23.3. The number of ketones is 2. The Hall–Kier alpha value is 34.5. The Labute approximate surface area is 1300 Å². The van der Waals surface area contributed by atoms with Crippen LogP contribution in [0, 0.1) is 0 Å². The van der Waals surface area contributed by atoms with Gasteiger partial charge in [-0.3, -0.25) is 9.59 Å². The number of aliphatic hydroxyl groups is 1. The maximum Gasteiger partial charge on any atom is 1.00 e. The molecular formula is C12H10IKO3S128. The molecule has 0 saturated heterocycles. The first-order valence-electron chi connectivity index (χ1n) is 26.0. The topological polar surface area (TPSA) is 54.4 Å². The van der Waals surface area contributed by atoms with E-state index >= 15 is 0 Å². The van der Waals surface area contributed by atoms with Crippen LogP contribution < -0.4 is 51.4 Å². The molecule has 133 heteroatoms. The van der Waals surface area contributed by atoms with Crippen molar-refractivity contribution in [3.63, 3.8) is 0 Å². The Bertz CT molecular complexity index is 11200. The summed E-state index contributed by atoms with van der Waals surface area (Å²) in [6.45, 7) is 1.49. The van der Waals surface area contributed by atoms with Crippen molar-refractivity contribution in [1.29, 1.82) is 0 Å². The number of carbonyl (C=O) groups excluding carboxylic acids is 2. The second-order valence-corrected chi connectivity index (χ2v) is 474. The van der Waals surface area contributed by atoms with Gasteiger partial charge in [-0.1, -0.05) is 6.07 Å². The minimum atomic E-state index is -4.33. The van der Waals surface area contributed by atoms with E-state index in [-0.39, 0.29) is 69.6 Å². The number of carbonyl (C=O) groups is 2. The molecule has 0 amide bonds. The van der Waals surface area contributed by atoms with E-state index in [1.165, 1.54) is 6.08 Å². The van der Waals surface area contributed by atoms with E-state index in [9.17, 15) is 9.59 Å². The number of benzene rings is 1. The Morgan fingerprint density at radius 3 is 0.441 bits per heavy atom. The predicted octanol–water partition coefficient (Wildman–Crippen LogP) is -0.263. The molecule has 0 saturated carbocycles. The van der Waals surface area contributed by atoms with E-state index in [4.69, 9.17) is 957 Å². The second kappa shape index (κ2) is 58.3. The van der Waals surface area contributed by atoms with Crippen molar-refractivity contribution in [3.05, 3.63) is 46.5 Å². The van der Waals surface area contributed by atoms with Gasteiger partial charge in [0.05, 0.1) is 6.61 Å². The summed E-state index contributed by atoms with van der Waals surface area (Å²) in [6, 6.07) is 4.81. The van der Waals surface area contributed by atoms with Crippen LogP contribution in [0.4, 0.5) is 0 Å². The summed E-state index contributed by atoms with van der Waals surface area (Å²) in [6.07, 6.45) is 1.35. The zero-order valence-electron chi connectivity index (χ0n) is 61.9. The third-order valence-electron chi connectivity index (χ3n) is 12.8. The van der Waals surface area contributed by atoms with Gasteiger partial charge in [0, 0.05) is 255 Å². The average molecular weight is 4470 g/mol. The fourth-order valence-electron chi connectivity index (χ4n) is 5.76. The van der Waals surface area contributed by atoms with E-state index in [0.29, 0.717) is 32.1 Å². The third kappa shape index (κ3) is 29.1. The largest absolute Gasteiger partial charge is 1.00 e. The van der Waals surface area contributed by atoms with E-state index in [1.807, 2.05) is 0 Å². The Kier molecular flexibility index (Phi) is 72.2. The molecule has 852 valence electrons. The van der Waals surface area contributed by atoms with Gasteiger partial charge in [0.25, 0.3) is 0 Å². The Balaban J connectivity index is 0.0000117. The Morgan fingerprint density at radius 1 is 0.214 bits per heavy atom. The molecule has 0 aliphatic heterocycles. The zero-order chi connectivity index (χ0) is 119. The molecule has 145 heavy (non-hydrogen) atoms. The zero-order valence-corrected chi connectivity index (χ0v) is 172. The number of fused-ring (bicyclic) bond motifs is 1. The van der Waals surface area contributed by atoms with Gasteiger partial charge >= 0.3 is 51.4 Å². The molecule has 0 atom stereocenters. The summed E-state index contributed by atoms with van der Waals surface area (Å²) in [5, 5.41) is -159. The molecule has 2 rings (SSSR count). The molecule has 0 bridgehead atoms. The van der Waals surface area contributed by atoms with Crippen LogP contribution in [-0.2, 0) is 1180 Å². The minimum absolute atomic E-state index is 0. The van der Waals surface area contributed by atoms with Crippen molar-refractivity contribution in [2.75, 3.05) is 0 Å². The number of rotatable bonds is 43. The van der Waals surface area contributed by atoms with Crippen molar-refractivity contribution in [2.24, 2.45) is 0 Å². The first-order valence-corrected chi connectivity index (χ1v) is 198.